The zero-order chi connectivity index (χ0) is 19.1. The molecule has 146 valence electrons. The Hall–Kier alpha value is -2.35. The molecule has 5 rings (SSSR count). The van der Waals surface area contributed by atoms with Gasteiger partial charge in [0, 0.05) is 32.6 Å². The fourth-order valence-electron chi connectivity index (χ4n) is 4.08. The molecule has 3 aromatic heterocycles. The highest BCUT2D eigenvalue weighted by atomic mass is 32.1. The van der Waals surface area contributed by atoms with Crippen LogP contribution in [0.25, 0.3) is 10.2 Å². The van der Waals surface area contributed by atoms with Crippen LogP contribution in [0.2, 0.25) is 0 Å². The fraction of sp³-hybridized carbons (Fsp3) is 0.500. The summed E-state index contributed by atoms with van der Waals surface area (Å²) in [5.41, 5.74) is 1.61. The second kappa shape index (κ2) is 7.24. The van der Waals surface area contributed by atoms with Crippen LogP contribution in [0.15, 0.2) is 24.1 Å². The van der Waals surface area contributed by atoms with Crippen LogP contribution in [0.3, 0.4) is 0 Å². The Morgan fingerprint density at radius 3 is 2.68 bits per heavy atom. The second-order valence-corrected chi connectivity index (χ2v) is 8.73. The summed E-state index contributed by atoms with van der Waals surface area (Å²) in [7, 11) is 1.94. The van der Waals surface area contributed by atoms with Gasteiger partial charge < -0.3 is 9.80 Å². The van der Waals surface area contributed by atoms with Gasteiger partial charge in [-0.1, -0.05) is 0 Å². The van der Waals surface area contributed by atoms with Crippen molar-refractivity contribution in [2.75, 3.05) is 36.5 Å². The number of piperidine rings is 1. The molecule has 0 aromatic carbocycles. The van der Waals surface area contributed by atoms with Gasteiger partial charge in [0.25, 0.3) is 0 Å². The van der Waals surface area contributed by atoms with Crippen molar-refractivity contribution in [1.29, 1.82) is 0 Å². The van der Waals surface area contributed by atoms with Crippen LogP contribution in [-0.2, 0) is 0 Å². The zero-order valence-electron chi connectivity index (χ0n) is 15.9. The van der Waals surface area contributed by atoms with Gasteiger partial charge in [0.2, 0.25) is 0 Å². The van der Waals surface area contributed by atoms with Crippen molar-refractivity contribution in [3.05, 3.63) is 35.6 Å². The summed E-state index contributed by atoms with van der Waals surface area (Å²) in [5, 5.41) is 2.07. The van der Waals surface area contributed by atoms with Gasteiger partial charge in [-0.3, -0.25) is 0 Å². The number of thiophene rings is 1. The molecule has 3 aromatic rings. The van der Waals surface area contributed by atoms with Crippen molar-refractivity contribution in [3.8, 4) is 0 Å². The van der Waals surface area contributed by atoms with E-state index in [9.17, 15) is 4.39 Å². The number of hydrogen-bond acceptors (Lipinski definition) is 7. The van der Waals surface area contributed by atoms with Gasteiger partial charge in [0.15, 0.2) is 11.6 Å². The van der Waals surface area contributed by atoms with Gasteiger partial charge in [-0.15, -0.1) is 11.3 Å². The lowest BCUT2D eigenvalue weighted by Gasteiger charge is -2.35. The maximum atomic E-state index is 14.8. The molecule has 0 amide bonds. The summed E-state index contributed by atoms with van der Waals surface area (Å²) in [6, 6.07) is 2.04. The maximum absolute atomic E-state index is 14.8. The fourth-order valence-corrected chi connectivity index (χ4v) is 4.95. The average Bonchev–Trinajstić information content (AvgIpc) is 3.44. The number of anilines is 2. The largest absolute Gasteiger partial charge is 0.357 e. The zero-order valence-corrected chi connectivity index (χ0v) is 16.7. The predicted molar refractivity (Wildman–Crippen MR) is 110 cm³/mol. The molecule has 1 aliphatic heterocycles. The number of rotatable bonds is 5. The van der Waals surface area contributed by atoms with Crippen molar-refractivity contribution in [2.24, 2.45) is 5.92 Å². The molecule has 8 heteroatoms. The normalized spacial score (nSPS) is 18.0. The maximum Gasteiger partial charge on any atom is 0.187 e. The predicted octanol–water partition coefficient (Wildman–Crippen LogP) is 3.85. The Morgan fingerprint density at radius 1 is 1.11 bits per heavy atom. The molecule has 1 aliphatic carbocycles. The molecular weight excluding hydrogens is 375 g/mol. The summed E-state index contributed by atoms with van der Waals surface area (Å²) in [6.45, 7) is 2.73. The first-order chi connectivity index (χ1) is 13.7. The highest BCUT2D eigenvalue weighted by Crippen LogP contribution is 2.41. The third kappa shape index (κ3) is 3.30. The number of aromatic nitrogens is 4. The smallest absolute Gasteiger partial charge is 0.187 e. The molecule has 2 fully saturated rings. The lowest BCUT2D eigenvalue weighted by atomic mass is 9.96. The van der Waals surface area contributed by atoms with Crippen molar-refractivity contribution in [2.45, 2.75) is 31.6 Å². The molecule has 4 heterocycles. The summed E-state index contributed by atoms with van der Waals surface area (Å²) in [5.74, 6) is 2.06. The Morgan fingerprint density at radius 2 is 1.89 bits per heavy atom. The molecule has 1 saturated heterocycles. The molecule has 6 nitrogen and oxygen atoms in total. The van der Waals surface area contributed by atoms with Crippen LogP contribution < -0.4 is 9.80 Å². The average molecular weight is 399 g/mol. The van der Waals surface area contributed by atoms with Gasteiger partial charge in [-0.25, -0.2) is 24.3 Å². The van der Waals surface area contributed by atoms with E-state index >= 15 is 0 Å². The summed E-state index contributed by atoms with van der Waals surface area (Å²) < 4.78 is 15.9. The summed E-state index contributed by atoms with van der Waals surface area (Å²) in [4.78, 5) is 21.6. The van der Waals surface area contributed by atoms with Gasteiger partial charge in [-0.05, 0) is 43.0 Å². The Balaban J connectivity index is 1.24. The Labute approximate surface area is 167 Å². The molecule has 0 bridgehead atoms. The Kier molecular flexibility index (Phi) is 4.58. The molecule has 0 unspecified atom stereocenters. The first-order valence-electron chi connectivity index (χ1n) is 9.85. The first kappa shape index (κ1) is 17.7. The van der Waals surface area contributed by atoms with Gasteiger partial charge in [0.05, 0.1) is 15.9 Å². The minimum Gasteiger partial charge on any atom is -0.357 e. The minimum absolute atomic E-state index is 0.231. The van der Waals surface area contributed by atoms with Crippen LogP contribution in [-0.4, -0.2) is 46.6 Å². The van der Waals surface area contributed by atoms with E-state index in [1.807, 2.05) is 18.0 Å². The number of nitrogens with zero attached hydrogens (tertiary/aromatic N) is 6. The van der Waals surface area contributed by atoms with Gasteiger partial charge in [0.1, 0.15) is 18.5 Å². The molecule has 0 spiro atoms. The molecule has 2 aliphatic rings. The van der Waals surface area contributed by atoms with Crippen LogP contribution in [0.5, 0.6) is 0 Å². The van der Waals surface area contributed by atoms with Gasteiger partial charge >= 0.3 is 0 Å². The molecule has 1 saturated carbocycles. The number of fused-ring (bicyclic) bond motifs is 1. The van der Waals surface area contributed by atoms with Crippen molar-refractivity contribution in [3.63, 3.8) is 0 Å². The van der Waals surface area contributed by atoms with E-state index in [0.29, 0.717) is 23.3 Å². The molecule has 28 heavy (non-hydrogen) atoms. The topological polar surface area (TPSA) is 58.0 Å². The van der Waals surface area contributed by atoms with Crippen LogP contribution in [0.1, 0.15) is 37.3 Å². The quantitative estimate of drug-likeness (QED) is 0.651. The molecule has 0 atom stereocenters. The van der Waals surface area contributed by atoms with Crippen molar-refractivity contribution in [1.82, 2.24) is 19.9 Å². The molecule has 0 radical (unpaired) electrons. The standard InChI is InChI=1S/C20H23FN6S/c1-26(19-16(21)17(14-2-3-14)23-12-24-19)10-13-4-7-27(8-5-13)20-18-15(6-9-28-18)22-11-25-20/h6,9,11-14H,2-5,7-8,10H2,1H3. The highest BCUT2D eigenvalue weighted by Gasteiger charge is 2.31. The van der Waals surface area contributed by atoms with Gasteiger partial charge in [-0.2, -0.15) is 0 Å². The Bertz CT molecular complexity index is 980. The van der Waals surface area contributed by atoms with E-state index in [4.69, 9.17) is 0 Å². The van der Waals surface area contributed by atoms with E-state index < -0.39 is 0 Å². The number of halogens is 1. The second-order valence-electron chi connectivity index (χ2n) is 7.81. The van der Waals surface area contributed by atoms with E-state index in [1.165, 1.54) is 6.33 Å². The number of hydrogen-bond donors (Lipinski definition) is 0. The minimum atomic E-state index is -0.231. The van der Waals surface area contributed by atoms with Crippen LogP contribution in [0.4, 0.5) is 16.0 Å². The monoisotopic (exact) mass is 398 g/mol. The van der Waals surface area contributed by atoms with Crippen LogP contribution in [0, 0.1) is 11.7 Å². The van der Waals surface area contributed by atoms with E-state index in [0.717, 1.165) is 61.4 Å². The summed E-state index contributed by atoms with van der Waals surface area (Å²) in [6.07, 6.45) is 7.35. The van der Waals surface area contributed by atoms with E-state index in [2.05, 4.69) is 30.2 Å². The lowest BCUT2D eigenvalue weighted by molar-refractivity contribution is 0.405. The first-order valence-corrected chi connectivity index (χ1v) is 10.7. The van der Waals surface area contributed by atoms with Crippen molar-refractivity contribution >= 4 is 33.2 Å². The van der Waals surface area contributed by atoms with Crippen LogP contribution >= 0.6 is 11.3 Å². The molecule has 0 N–H and O–H groups in total. The SMILES string of the molecule is CN(CC1CCN(c2ncnc3ccsc23)CC1)c1ncnc(C2CC2)c1F. The molecular formula is C20H23FN6S. The van der Waals surface area contributed by atoms with E-state index in [-0.39, 0.29) is 5.82 Å². The highest BCUT2D eigenvalue weighted by molar-refractivity contribution is 7.17. The third-order valence-corrected chi connectivity index (χ3v) is 6.69. The third-order valence-electron chi connectivity index (χ3n) is 5.79. The summed E-state index contributed by atoms with van der Waals surface area (Å²) >= 11 is 1.70. The van der Waals surface area contributed by atoms with Crippen molar-refractivity contribution < 1.29 is 4.39 Å². The van der Waals surface area contributed by atoms with E-state index in [1.54, 1.807) is 17.7 Å². The lowest BCUT2D eigenvalue weighted by Crippen LogP contribution is -2.38.